The number of rotatable bonds is 6. The Hall–Kier alpha value is -2.12. The number of carbonyl (C=O) groups is 1. The standard InChI is InChI=1S/C25H39N5O2/c1-2-26-25(27-19-22-11-18-32-24(22)21-9-5-3-6-10-21)30-16-14-28(15-17-30)20-23(31)29-12-7-4-8-13-29/h3,5-6,9-10,22,24H,2,4,7-8,11-20H2,1H3,(H,26,27). The summed E-state index contributed by atoms with van der Waals surface area (Å²) in [7, 11) is 0. The molecule has 3 heterocycles. The van der Waals surface area contributed by atoms with Crippen molar-refractivity contribution in [2.45, 2.75) is 38.7 Å². The van der Waals surface area contributed by atoms with Crippen LogP contribution in [0.4, 0.5) is 0 Å². The first-order valence-electron chi connectivity index (χ1n) is 12.4. The smallest absolute Gasteiger partial charge is 0.236 e. The van der Waals surface area contributed by atoms with Crippen LogP contribution in [0.1, 0.15) is 44.3 Å². The SMILES string of the molecule is CCNC(=NCC1CCOC1c1ccccc1)N1CCN(CC(=O)N2CCCCC2)CC1. The van der Waals surface area contributed by atoms with Crippen LogP contribution < -0.4 is 5.32 Å². The third-order valence-electron chi connectivity index (χ3n) is 6.89. The molecule has 0 aliphatic carbocycles. The maximum absolute atomic E-state index is 12.6. The third kappa shape index (κ3) is 6.01. The highest BCUT2D eigenvalue weighted by atomic mass is 16.5. The zero-order valence-corrected chi connectivity index (χ0v) is 19.5. The largest absolute Gasteiger partial charge is 0.373 e. The molecule has 3 fully saturated rings. The lowest BCUT2D eigenvalue weighted by Crippen LogP contribution is -2.54. The number of piperidine rings is 1. The Morgan fingerprint density at radius 2 is 1.78 bits per heavy atom. The van der Waals surface area contributed by atoms with Crippen LogP contribution in [-0.4, -0.2) is 92.1 Å². The second kappa shape index (κ2) is 11.7. The number of nitrogens with zero attached hydrogens (tertiary/aromatic N) is 4. The van der Waals surface area contributed by atoms with Crippen molar-refractivity contribution >= 4 is 11.9 Å². The van der Waals surface area contributed by atoms with Gasteiger partial charge in [-0.3, -0.25) is 14.7 Å². The highest BCUT2D eigenvalue weighted by Gasteiger charge is 2.30. The van der Waals surface area contributed by atoms with Gasteiger partial charge in [-0.15, -0.1) is 0 Å². The number of piperazine rings is 1. The molecule has 0 spiro atoms. The second-order valence-electron chi connectivity index (χ2n) is 9.15. The fourth-order valence-electron chi connectivity index (χ4n) is 5.01. The first-order valence-corrected chi connectivity index (χ1v) is 12.4. The maximum Gasteiger partial charge on any atom is 0.236 e. The Morgan fingerprint density at radius 1 is 1.03 bits per heavy atom. The van der Waals surface area contributed by atoms with Gasteiger partial charge in [-0.25, -0.2) is 0 Å². The Labute approximate surface area is 192 Å². The molecule has 2 atom stereocenters. The van der Waals surface area contributed by atoms with E-state index >= 15 is 0 Å². The number of benzene rings is 1. The second-order valence-corrected chi connectivity index (χ2v) is 9.15. The van der Waals surface area contributed by atoms with E-state index in [1.807, 2.05) is 4.90 Å². The number of hydrogen-bond acceptors (Lipinski definition) is 4. The van der Waals surface area contributed by atoms with Crippen molar-refractivity contribution in [3.05, 3.63) is 35.9 Å². The maximum atomic E-state index is 12.6. The van der Waals surface area contributed by atoms with Gasteiger partial charge in [0.15, 0.2) is 5.96 Å². The molecule has 4 rings (SSSR count). The van der Waals surface area contributed by atoms with Crippen molar-refractivity contribution in [2.24, 2.45) is 10.9 Å². The molecule has 176 valence electrons. The Bertz CT molecular complexity index is 742. The molecule has 1 aromatic carbocycles. The molecule has 1 N–H and O–H groups in total. The van der Waals surface area contributed by atoms with E-state index < -0.39 is 0 Å². The number of nitrogens with one attached hydrogen (secondary N) is 1. The monoisotopic (exact) mass is 441 g/mol. The van der Waals surface area contributed by atoms with Crippen LogP contribution in [0.3, 0.4) is 0 Å². The van der Waals surface area contributed by atoms with Crippen LogP contribution in [0.25, 0.3) is 0 Å². The predicted octanol–water partition coefficient (Wildman–Crippen LogP) is 2.36. The molecule has 3 aliphatic rings. The van der Waals surface area contributed by atoms with Gasteiger partial charge in [0.2, 0.25) is 5.91 Å². The number of ether oxygens (including phenoxy) is 1. The number of guanidine groups is 1. The van der Waals surface area contributed by atoms with Crippen molar-refractivity contribution in [2.75, 3.05) is 65.5 Å². The summed E-state index contributed by atoms with van der Waals surface area (Å²) >= 11 is 0. The summed E-state index contributed by atoms with van der Waals surface area (Å²) in [6, 6.07) is 10.5. The molecule has 3 saturated heterocycles. The van der Waals surface area contributed by atoms with Crippen molar-refractivity contribution in [3.63, 3.8) is 0 Å². The van der Waals surface area contributed by atoms with Gasteiger partial charge in [-0.05, 0) is 38.2 Å². The first kappa shape index (κ1) is 23.1. The fourth-order valence-corrected chi connectivity index (χ4v) is 5.01. The molecular formula is C25H39N5O2. The van der Waals surface area contributed by atoms with Gasteiger partial charge in [0, 0.05) is 64.9 Å². The molecule has 7 nitrogen and oxygen atoms in total. The fraction of sp³-hybridized carbons (Fsp3) is 0.680. The summed E-state index contributed by atoms with van der Waals surface area (Å²) in [4.78, 5) is 24.3. The van der Waals surface area contributed by atoms with Crippen LogP contribution in [0.5, 0.6) is 0 Å². The van der Waals surface area contributed by atoms with Gasteiger partial charge in [-0.1, -0.05) is 30.3 Å². The van der Waals surface area contributed by atoms with E-state index in [0.29, 0.717) is 18.4 Å². The molecule has 0 aromatic heterocycles. The van der Waals surface area contributed by atoms with Crippen LogP contribution in [-0.2, 0) is 9.53 Å². The topological polar surface area (TPSA) is 60.4 Å². The number of aliphatic imine (C=N–C) groups is 1. The zero-order chi connectivity index (χ0) is 22.2. The summed E-state index contributed by atoms with van der Waals surface area (Å²) in [5, 5.41) is 3.48. The Morgan fingerprint density at radius 3 is 2.50 bits per heavy atom. The van der Waals surface area contributed by atoms with Gasteiger partial charge in [0.05, 0.1) is 12.6 Å². The van der Waals surface area contributed by atoms with Crippen LogP contribution in [0.2, 0.25) is 0 Å². The van der Waals surface area contributed by atoms with Gasteiger partial charge < -0.3 is 19.9 Å². The predicted molar refractivity (Wildman–Crippen MR) is 128 cm³/mol. The Balaban J connectivity index is 1.29. The minimum absolute atomic E-state index is 0.139. The highest BCUT2D eigenvalue weighted by molar-refractivity contribution is 5.80. The van der Waals surface area contributed by atoms with E-state index in [1.54, 1.807) is 0 Å². The molecule has 32 heavy (non-hydrogen) atoms. The number of likely N-dealkylation sites (tertiary alicyclic amines) is 1. The summed E-state index contributed by atoms with van der Waals surface area (Å²) in [5.74, 6) is 1.70. The van der Waals surface area contributed by atoms with Gasteiger partial charge >= 0.3 is 0 Å². The lowest BCUT2D eigenvalue weighted by molar-refractivity contribution is -0.133. The average molecular weight is 442 g/mol. The quantitative estimate of drug-likeness (QED) is 0.543. The van der Waals surface area contributed by atoms with E-state index in [-0.39, 0.29) is 6.10 Å². The van der Waals surface area contributed by atoms with Gasteiger partial charge in [0.25, 0.3) is 0 Å². The van der Waals surface area contributed by atoms with Crippen LogP contribution in [0.15, 0.2) is 35.3 Å². The van der Waals surface area contributed by atoms with E-state index in [0.717, 1.165) is 84.2 Å². The van der Waals surface area contributed by atoms with E-state index in [9.17, 15) is 4.79 Å². The van der Waals surface area contributed by atoms with Crippen molar-refractivity contribution in [3.8, 4) is 0 Å². The molecule has 1 aromatic rings. The molecule has 2 unspecified atom stereocenters. The zero-order valence-electron chi connectivity index (χ0n) is 19.5. The van der Waals surface area contributed by atoms with Gasteiger partial charge in [0.1, 0.15) is 0 Å². The van der Waals surface area contributed by atoms with Crippen molar-refractivity contribution in [1.82, 2.24) is 20.0 Å². The lowest BCUT2D eigenvalue weighted by atomic mass is 9.95. The van der Waals surface area contributed by atoms with Gasteiger partial charge in [-0.2, -0.15) is 0 Å². The highest BCUT2D eigenvalue weighted by Crippen LogP contribution is 2.34. The first-order chi connectivity index (χ1) is 15.7. The summed E-state index contributed by atoms with van der Waals surface area (Å²) in [6.45, 7) is 10.6. The molecular weight excluding hydrogens is 402 g/mol. The number of carbonyl (C=O) groups excluding carboxylic acids is 1. The summed E-state index contributed by atoms with van der Waals surface area (Å²) in [5.41, 5.74) is 1.25. The lowest BCUT2D eigenvalue weighted by Gasteiger charge is -2.37. The molecule has 1 amide bonds. The number of hydrogen-bond donors (Lipinski definition) is 1. The van der Waals surface area contributed by atoms with E-state index in [4.69, 9.17) is 9.73 Å². The normalized spacial score (nSPS) is 25.2. The molecule has 0 bridgehead atoms. The molecule has 3 aliphatic heterocycles. The van der Waals surface area contributed by atoms with E-state index in [1.165, 1.54) is 12.0 Å². The van der Waals surface area contributed by atoms with Crippen LogP contribution >= 0.6 is 0 Å². The summed E-state index contributed by atoms with van der Waals surface area (Å²) in [6.07, 6.45) is 4.75. The molecule has 0 saturated carbocycles. The summed E-state index contributed by atoms with van der Waals surface area (Å²) < 4.78 is 6.04. The molecule has 0 radical (unpaired) electrons. The molecule has 7 heteroatoms. The Kier molecular flexibility index (Phi) is 8.40. The van der Waals surface area contributed by atoms with Crippen molar-refractivity contribution < 1.29 is 9.53 Å². The average Bonchev–Trinajstić information content (AvgIpc) is 3.32. The van der Waals surface area contributed by atoms with E-state index in [2.05, 4.69) is 52.4 Å². The van der Waals surface area contributed by atoms with Crippen molar-refractivity contribution in [1.29, 1.82) is 0 Å². The third-order valence-corrected chi connectivity index (χ3v) is 6.89. The minimum atomic E-state index is 0.139. The number of amides is 1. The minimum Gasteiger partial charge on any atom is -0.373 e. The van der Waals surface area contributed by atoms with Crippen LogP contribution in [0, 0.1) is 5.92 Å².